The number of hydrogen-bond acceptors (Lipinski definition) is 3. The average Bonchev–Trinajstić information content (AvgIpc) is 2.71. The first-order valence-corrected chi connectivity index (χ1v) is 10.7. The van der Waals surface area contributed by atoms with Crippen LogP contribution in [-0.4, -0.2) is 25.1 Å². The zero-order chi connectivity index (χ0) is 21.0. The summed E-state index contributed by atoms with van der Waals surface area (Å²) in [4.78, 5) is 15.1. The van der Waals surface area contributed by atoms with Crippen molar-refractivity contribution in [3.63, 3.8) is 0 Å². The molecular formula is C25H34N2O2. The number of ether oxygens (including phenoxy) is 1. The number of rotatable bonds is 6. The summed E-state index contributed by atoms with van der Waals surface area (Å²) in [6.07, 6.45) is 2.03. The second-order valence-electron chi connectivity index (χ2n) is 8.47. The molecule has 0 saturated carbocycles. The topological polar surface area (TPSA) is 41.6 Å². The van der Waals surface area contributed by atoms with Crippen LogP contribution >= 0.6 is 0 Å². The van der Waals surface area contributed by atoms with Crippen molar-refractivity contribution < 1.29 is 9.53 Å². The summed E-state index contributed by atoms with van der Waals surface area (Å²) in [5, 5.41) is 3.08. The minimum absolute atomic E-state index is 0.0681. The first-order chi connectivity index (χ1) is 13.8. The lowest BCUT2D eigenvalue weighted by Crippen LogP contribution is -2.38. The van der Waals surface area contributed by atoms with Crippen molar-refractivity contribution in [3.8, 4) is 5.75 Å². The van der Waals surface area contributed by atoms with E-state index in [2.05, 4.69) is 41.4 Å². The molecule has 0 aliphatic carbocycles. The molecule has 1 aliphatic heterocycles. The summed E-state index contributed by atoms with van der Waals surface area (Å²) in [6, 6.07) is 14.4. The van der Waals surface area contributed by atoms with Gasteiger partial charge in [-0.3, -0.25) is 4.79 Å². The van der Waals surface area contributed by atoms with Crippen LogP contribution in [0.2, 0.25) is 0 Å². The Balaban J connectivity index is 1.58. The Morgan fingerprint density at radius 3 is 2.55 bits per heavy atom. The third-order valence-corrected chi connectivity index (χ3v) is 6.00. The Morgan fingerprint density at radius 2 is 1.86 bits per heavy atom. The Bertz CT molecular complexity index is 831. The molecule has 29 heavy (non-hydrogen) atoms. The Kier molecular flexibility index (Phi) is 6.83. The van der Waals surface area contributed by atoms with Gasteiger partial charge in [0.25, 0.3) is 5.91 Å². The largest absolute Gasteiger partial charge is 0.481 e. The van der Waals surface area contributed by atoms with Crippen LogP contribution in [0.5, 0.6) is 5.75 Å². The van der Waals surface area contributed by atoms with Crippen molar-refractivity contribution in [3.05, 3.63) is 59.2 Å². The molecule has 0 unspecified atom stereocenters. The van der Waals surface area contributed by atoms with Gasteiger partial charge in [0.15, 0.2) is 6.10 Å². The fourth-order valence-corrected chi connectivity index (χ4v) is 3.91. The number of nitrogens with one attached hydrogen (secondary N) is 1. The quantitative estimate of drug-likeness (QED) is 0.733. The van der Waals surface area contributed by atoms with Gasteiger partial charge in [-0.1, -0.05) is 31.2 Å². The van der Waals surface area contributed by atoms with Crippen LogP contribution in [-0.2, 0) is 4.79 Å². The van der Waals surface area contributed by atoms with Crippen LogP contribution in [0.4, 0.5) is 5.69 Å². The molecule has 1 aliphatic rings. The fourth-order valence-electron chi connectivity index (χ4n) is 3.91. The lowest BCUT2D eigenvalue weighted by atomic mass is 9.99. The van der Waals surface area contributed by atoms with E-state index in [-0.39, 0.29) is 11.9 Å². The maximum atomic E-state index is 12.6. The third kappa shape index (κ3) is 5.31. The summed E-state index contributed by atoms with van der Waals surface area (Å²) >= 11 is 0. The Labute approximate surface area is 175 Å². The number of hydrogen-bond donors (Lipinski definition) is 1. The van der Waals surface area contributed by atoms with Gasteiger partial charge in [0.2, 0.25) is 0 Å². The molecule has 1 heterocycles. The molecule has 1 fully saturated rings. The van der Waals surface area contributed by atoms with E-state index < -0.39 is 6.10 Å². The van der Waals surface area contributed by atoms with Crippen molar-refractivity contribution in [1.29, 1.82) is 0 Å². The van der Waals surface area contributed by atoms with Crippen LogP contribution in [0.1, 0.15) is 56.3 Å². The molecule has 156 valence electrons. The van der Waals surface area contributed by atoms with Crippen LogP contribution in [0, 0.1) is 19.8 Å². The number of carbonyl (C=O) groups is 1. The molecule has 3 rings (SSSR count). The summed E-state index contributed by atoms with van der Waals surface area (Å²) in [5.41, 5.74) is 4.60. The maximum absolute atomic E-state index is 12.6. The van der Waals surface area contributed by atoms with Crippen molar-refractivity contribution >= 4 is 11.6 Å². The highest BCUT2D eigenvalue weighted by Crippen LogP contribution is 2.25. The molecule has 1 saturated heterocycles. The molecular weight excluding hydrogens is 360 g/mol. The van der Waals surface area contributed by atoms with Crippen LogP contribution in [0.25, 0.3) is 0 Å². The minimum Gasteiger partial charge on any atom is -0.481 e. The van der Waals surface area contributed by atoms with E-state index in [9.17, 15) is 4.79 Å². The van der Waals surface area contributed by atoms with Crippen molar-refractivity contribution in [2.45, 2.75) is 59.6 Å². The predicted octanol–water partition coefficient (Wildman–Crippen LogP) is 5.18. The standard InChI is InChI=1S/C25H34N2O2/c1-17-8-7-15-27(16-17)23-13-11-22(12-14-23)20(4)26-25(28)21(5)29-24-10-6-9-18(2)19(24)3/h6,9-14,17,20-21H,7-8,15-16H2,1-5H3,(H,26,28)/t17-,20-,21+/m0/s1. The summed E-state index contributed by atoms with van der Waals surface area (Å²) < 4.78 is 5.91. The van der Waals surface area contributed by atoms with Gasteiger partial charge in [-0.05, 0) is 81.3 Å². The molecule has 1 N–H and O–H groups in total. The number of benzene rings is 2. The molecule has 2 aromatic rings. The van der Waals surface area contributed by atoms with Gasteiger partial charge in [0.1, 0.15) is 5.75 Å². The number of aryl methyl sites for hydroxylation is 1. The number of piperidine rings is 1. The van der Waals surface area contributed by atoms with Crippen LogP contribution in [0.3, 0.4) is 0 Å². The molecule has 1 amide bonds. The van der Waals surface area contributed by atoms with E-state index in [1.54, 1.807) is 6.92 Å². The van der Waals surface area contributed by atoms with E-state index in [1.807, 2.05) is 39.0 Å². The van der Waals surface area contributed by atoms with Crippen molar-refractivity contribution in [2.24, 2.45) is 5.92 Å². The van der Waals surface area contributed by atoms with E-state index in [1.165, 1.54) is 18.5 Å². The highest BCUT2D eigenvalue weighted by atomic mass is 16.5. The normalized spacial score (nSPS) is 18.8. The second kappa shape index (κ2) is 9.34. The highest BCUT2D eigenvalue weighted by molar-refractivity contribution is 5.81. The van der Waals surface area contributed by atoms with Crippen LogP contribution < -0.4 is 15.0 Å². The summed E-state index contributed by atoms with van der Waals surface area (Å²) in [7, 11) is 0. The Morgan fingerprint density at radius 1 is 1.14 bits per heavy atom. The van der Waals surface area contributed by atoms with Gasteiger partial charge in [-0.15, -0.1) is 0 Å². The highest BCUT2D eigenvalue weighted by Gasteiger charge is 2.20. The molecule has 2 aromatic carbocycles. The zero-order valence-electron chi connectivity index (χ0n) is 18.4. The molecule has 3 atom stereocenters. The van der Waals surface area contributed by atoms with E-state index in [0.29, 0.717) is 0 Å². The minimum atomic E-state index is -0.549. The molecule has 0 radical (unpaired) electrons. The molecule has 0 spiro atoms. The van der Waals surface area contributed by atoms with Gasteiger partial charge in [0, 0.05) is 18.8 Å². The van der Waals surface area contributed by atoms with Gasteiger partial charge in [0.05, 0.1) is 6.04 Å². The first kappa shape index (κ1) is 21.2. The molecule has 0 bridgehead atoms. The molecule has 0 aromatic heterocycles. The lowest BCUT2D eigenvalue weighted by molar-refractivity contribution is -0.127. The third-order valence-electron chi connectivity index (χ3n) is 6.00. The fraction of sp³-hybridized carbons (Fsp3) is 0.480. The predicted molar refractivity (Wildman–Crippen MR) is 120 cm³/mol. The average molecular weight is 395 g/mol. The maximum Gasteiger partial charge on any atom is 0.261 e. The number of anilines is 1. The smallest absolute Gasteiger partial charge is 0.261 e. The van der Waals surface area contributed by atoms with Crippen LogP contribution in [0.15, 0.2) is 42.5 Å². The summed E-state index contributed by atoms with van der Waals surface area (Å²) in [6.45, 7) is 12.4. The van der Waals surface area contributed by atoms with Gasteiger partial charge >= 0.3 is 0 Å². The van der Waals surface area contributed by atoms with Crippen molar-refractivity contribution in [2.75, 3.05) is 18.0 Å². The van der Waals surface area contributed by atoms with E-state index >= 15 is 0 Å². The zero-order valence-corrected chi connectivity index (χ0v) is 18.4. The molecule has 4 nitrogen and oxygen atoms in total. The Hall–Kier alpha value is -2.49. The van der Waals surface area contributed by atoms with E-state index in [4.69, 9.17) is 4.74 Å². The van der Waals surface area contributed by atoms with Gasteiger partial charge < -0.3 is 15.0 Å². The summed E-state index contributed by atoms with van der Waals surface area (Å²) in [5.74, 6) is 1.41. The van der Waals surface area contributed by atoms with Crippen molar-refractivity contribution in [1.82, 2.24) is 5.32 Å². The SMILES string of the molecule is Cc1cccc(O[C@H](C)C(=O)N[C@@H](C)c2ccc(N3CCC[C@H](C)C3)cc2)c1C. The number of nitrogens with zero attached hydrogens (tertiary/aromatic N) is 1. The van der Waals surface area contributed by atoms with Gasteiger partial charge in [-0.2, -0.15) is 0 Å². The number of carbonyl (C=O) groups excluding carboxylic acids is 1. The number of amides is 1. The van der Waals surface area contributed by atoms with E-state index in [0.717, 1.165) is 41.4 Å². The second-order valence-corrected chi connectivity index (χ2v) is 8.47. The monoisotopic (exact) mass is 394 g/mol. The first-order valence-electron chi connectivity index (χ1n) is 10.7. The molecule has 4 heteroatoms. The van der Waals surface area contributed by atoms with Gasteiger partial charge in [-0.25, -0.2) is 0 Å². The lowest BCUT2D eigenvalue weighted by Gasteiger charge is -2.33.